The van der Waals surface area contributed by atoms with Gasteiger partial charge in [-0.1, -0.05) is 13.8 Å². The second kappa shape index (κ2) is 14.8. The molecule has 0 heterocycles. The summed E-state index contributed by atoms with van der Waals surface area (Å²) in [5.74, 6) is 0. The van der Waals surface area contributed by atoms with E-state index in [1.165, 1.54) is 12.8 Å². The van der Waals surface area contributed by atoms with Crippen LogP contribution in [0, 0.1) is 0 Å². The summed E-state index contributed by atoms with van der Waals surface area (Å²) >= 11 is 0. The molecule has 0 aromatic rings. The fourth-order valence-corrected chi connectivity index (χ4v) is 1.46. The first-order chi connectivity index (χ1) is 7.91. The zero-order valence-electron chi connectivity index (χ0n) is 11.1. The Kier molecular flexibility index (Phi) is 14.7. The van der Waals surface area contributed by atoms with Gasteiger partial charge in [0, 0.05) is 13.1 Å². The molecule has 16 heavy (non-hydrogen) atoms. The van der Waals surface area contributed by atoms with Crippen LogP contribution in [-0.4, -0.2) is 52.4 Å². The molecule has 4 N–H and O–H groups in total. The molecule has 4 nitrogen and oxygen atoms in total. The molecule has 0 aliphatic heterocycles. The van der Waals surface area contributed by atoms with Crippen LogP contribution in [0.4, 0.5) is 0 Å². The third kappa shape index (κ3) is 13.8. The summed E-state index contributed by atoms with van der Waals surface area (Å²) < 4.78 is 0. The van der Waals surface area contributed by atoms with Crippen LogP contribution in [0.25, 0.3) is 0 Å². The third-order valence-corrected chi connectivity index (χ3v) is 2.39. The molecule has 0 spiro atoms. The zero-order chi connectivity index (χ0) is 11.9. The number of likely N-dealkylation sites (N-methyl/N-ethyl adjacent to an activating group) is 1. The topological polar surface area (TPSA) is 48.1 Å². The predicted molar refractivity (Wildman–Crippen MR) is 72.1 cm³/mol. The van der Waals surface area contributed by atoms with Crippen molar-refractivity contribution in [2.24, 2.45) is 0 Å². The molecule has 0 fully saturated rings. The van der Waals surface area contributed by atoms with Gasteiger partial charge in [0.25, 0.3) is 0 Å². The van der Waals surface area contributed by atoms with E-state index in [4.69, 9.17) is 0 Å². The lowest BCUT2D eigenvalue weighted by molar-refractivity contribution is 0.561. The first-order valence-corrected chi connectivity index (χ1v) is 6.74. The highest BCUT2D eigenvalue weighted by Gasteiger charge is 1.89. The average Bonchev–Trinajstić information content (AvgIpc) is 2.31. The van der Waals surface area contributed by atoms with E-state index in [1.807, 2.05) is 0 Å². The maximum absolute atomic E-state index is 3.45. The summed E-state index contributed by atoms with van der Waals surface area (Å²) in [7, 11) is 0. The van der Waals surface area contributed by atoms with E-state index in [9.17, 15) is 0 Å². The number of rotatable bonds is 13. The lowest BCUT2D eigenvalue weighted by Gasteiger charge is -2.06. The highest BCUT2D eigenvalue weighted by atomic mass is 14.9. The Labute approximate surface area is 101 Å². The average molecular weight is 230 g/mol. The largest absolute Gasteiger partial charge is 0.317 e. The minimum Gasteiger partial charge on any atom is -0.317 e. The monoisotopic (exact) mass is 230 g/mol. The van der Waals surface area contributed by atoms with Crippen molar-refractivity contribution in [1.29, 1.82) is 0 Å². The summed E-state index contributed by atoms with van der Waals surface area (Å²) in [5.41, 5.74) is 0. The van der Waals surface area contributed by atoms with Crippen LogP contribution in [0.15, 0.2) is 0 Å². The van der Waals surface area contributed by atoms with Crippen LogP contribution >= 0.6 is 0 Å². The lowest BCUT2D eigenvalue weighted by Crippen LogP contribution is -2.29. The Morgan fingerprint density at radius 1 is 0.500 bits per heavy atom. The van der Waals surface area contributed by atoms with E-state index >= 15 is 0 Å². The predicted octanol–water partition coefficient (Wildman–Crippen LogP) is 0.165. The van der Waals surface area contributed by atoms with Crippen molar-refractivity contribution in [1.82, 2.24) is 21.3 Å². The zero-order valence-corrected chi connectivity index (χ0v) is 11.1. The van der Waals surface area contributed by atoms with Gasteiger partial charge in [-0.3, -0.25) is 0 Å². The Hall–Kier alpha value is -0.160. The molecule has 0 saturated carbocycles. The molecule has 0 radical (unpaired) electrons. The van der Waals surface area contributed by atoms with E-state index in [2.05, 4.69) is 35.1 Å². The van der Waals surface area contributed by atoms with Crippen LogP contribution in [0.1, 0.15) is 26.7 Å². The highest BCUT2D eigenvalue weighted by molar-refractivity contribution is 4.54. The molecule has 0 rings (SSSR count). The summed E-state index contributed by atoms with van der Waals surface area (Å²) in [6.45, 7) is 13.1. The summed E-state index contributed by atoms with van der Waals surface area (Å²) in [4.78, 5) is 0. The number of hydrogen-bond donors (Lipinski definition) is 4. The highest BCUT2D eigenvalue weighted by Crippen LogP contribution is 1.76. The summed E-state index contributed by atoms with van der Waals surface area (Å²) in [6, 6.07) is 0. The first kappa shape index (κ1) is 15.8. The van der Waals surface area contributed by atoms with Crippen molar-refractivity contribution >= 4 is 0 Å². The van der Waals surface area contributed by atoms with Gasteiger partial charge in [0.05, 0.1) is 0 Å². The van der Waals surface area contributed by atoms with Crippen LogP contribution in [0.2, 0.25) is 0 Å². The van der Waals surface area contributed by atoms with Crippen LogP contribution < -0.4 is 21.3 Å². The molecular formula is C12H30N4. The van der Waals surface area contributed by atoms with Crippen molar-refractivity contribution in [3.8, 4) is 0 Å². The van der Waals surface area contributed by atoms with Gasteiger partial charge in [-0.05, 0) is 52.1 Å². The molecule has 0 aromatic carbocycles. The molecule has 0 aliphatic rings. The molecular weight excluding hydrogens is 200 g/mol. The molecule has 0 saturated heterocycles. The number of nitrogens with one attached hydrogen (secondary N) is 4. The Balaban J connectivity index is 2.83. The van der Waals surface area contributed by atoms with Gasteiger partial charge in [0.2, 0.25) is 0 Å². The van der Waals surface area contributed by atoms with Gasteiger partial charge >= 0.3 is 0 Å². The standard InChI is InChI=1S/C12H30N4/c1-3-13-7-5-8-15-9-6-10-16-12-11-14-4-2/h13-16H,3-12H2,1-2H3. The second-order valence-electron chi connectivity index (χ2n) is 3.91. The quantitative estimate of drug-likeness (QED) is 0.341. The van der Waals surface area contributed by atoms with Gasteiger partial charge in [-0.25, -0.2) is 0 Å². The summed E-state index contributed by atoms with van der Waals surface area (Å²) in [5, 5.41) is 13.5. The van der Waals surface area contributed by atoms with Gasteiger partial charge < -0.3 is 21.3 Å². The van der Waals surface area contributed by atoms with E-state index in [0.29, 0.717) is 0 Å². The molecule has 0 amide bonds. The third-order valence-electron chi connectivity index (χ3n) is 2.39. The van der Waals surface area contributed by atoms with Crippen molar-refractivity contribution < 1.29 is 0 Å². The van der Waals surface area contributed by atoms with Crippen LogP contribution in [-0.2, 0) is 0 Å². The molecule has 0 aromatic heterocycles. The summed E-state index contributed by atoms with van der Waals surface area (Å²) in [6.07, 6.45) is 2.44. The normalized spacial score (nSPS) is 10.9. The van der Waals surface area contributed by atoms with Crippen molar-refractivity contribution in [3.63, 3.8) is 0 Å². The SMILES string of the molecule is CCNCCCNCCCNCCNCC. The molecule has 0 atom stereocenters. The van der Waals surface area contributed by atoms with E-state index in [0.717, 1.165) is 52.4 Å². The second-order valence-corrected chi connectivity index (χ2v) is 3.91. The molecule has 4 heteroatoms. The van der Waals surface area contributed by atoms with Crippen molar-refractivity contribution in [2.75, 3.05) is 52.4 Å². The minimum absolute atomic E-state index is 1.06. The molecule has 0 unspecified atom stereocenters. The minimum atomic E-state index is 1.06. The molecule has 0 aliphatic carbocycles. The van der Waals surface area contributed by atoms with Gasteiger partial charge in [-0.15, -0.1) is 0 Å². The van der Waals surface area contributed by atoms with Crippen molar-refractivity contribution in [3.05, 3.63) is 0 Å². The first-order valence-electron chi connectivity index (χ1n) is 6.74. The number of hydrogen-bond acceptors (Lipinski definition) is 4. The van der Waals surface area contributed by atoms with Crippen LogP contribution in [0.3, 0.4) is 0 Å². The fraction of sp³-hybridized carbons (Fsp3) is 1.00. The van der Waals surface area contributed by atoms with Gasteiger partial charge in [0.1, 0.15) is 0 Å². The van der Waals surface area contributed by atoms with Gasteiger partial charge in [0.15, 0.2) is 0 Å². The van der Waals surface area contributed by atoms with Gasteiger partial charge in [-0.2, -0.15) is 0 Å². The van der Waals surface area contributed by atoms with Crippen molar-refractivity contribution in [2.45, 2.75) is 26.7 Å². The Morgan fingerprint density at radius 3 is 1.44 bits per heavy atom. The smallest absolute Gasteiger partial charge is 0.00767 e. The maximum Gasteiger partial charge on any atom is 0.00767 e. The Morgan fingerprint density at radius 2 is 0.875 bits per heavy atom. The maximum atomic E-state index is 3.45. The lowest BCUT2D eigenvalue weighted by atomic mass is 10.3. The van der Waals surface area contributed by atoms with Crippen LogP contribution in [0.5, 0.6) is 0 Å². The molecule has 0 bridgehead atoms. The van der Waals surface area contributed by atoms with E-state index in [-0.39, 0.29) is 0 Å². The van der Waals surface area contributed by atoms with E-state index < -0.39 is 0 Å². The molecule has 98 valence electrons. The Bertz CT molecular complexity index is 106. The fourth-order valence-electron chi connectivity index (χ4n) is 1.46. The van der Waals surface area contributed by atoms with E-state index in [1.54, 1.807) is 0 Å².